The van der Waals surface area contributed by atoms with Gasteiger partial charge in [0.1, 0.15) is 5.82 Å². The molecule has 0 atom stereocenters. The third kappa shape index (κ3) is 4.57. The Bertz CT molecular complexity index is 698. The fourth-order valence-corrected chi connectivity index (χ4v) is 2.55. The van der Waals surface area contributed by atoms with E-state index in [1.54, 1.807) is 12.1 Å². The van der Waals surface area contributed by atoms with E-state index in [2.05, 4.69) is 17.2 Å². The zero-order valence-corrected chi connectivity index (χ0v) is 12.4. The molecule has 0 saturated carbocycles. The van der Waals surface area contributed by atoms with Crippen LogP contribution in [-0.4, -0.2) is 17.6 Å². The van der Waals surface area contributed by atoms with Crippen LogP contribution in [0.2, 0.25) is 5.02 Å². The van der Waals surface area contributed by atoms with E-state index >= 15 is 0 Å². The summed E-state index contributed by atoms with van der Waals surface area (Å²) >= 11 is 6.95. The number of nitrogens with one attached hydrogen (secondary N) is 1. The van der Waals surface area contributed by atoms with E-state index in [-0.39, 0.29) is 17.5 Å². The molecule has 1 aromatic heterocycles. The van der Waals surface area contributed by atoms with E-state index < -0.39 is 5.82 Å². The summed E-state index contributed by atoms with van der Waals surface area (Å²) in [5.41, 5.74) is 0.298. The highest BCUT2D eigenvalue weighted by atomic mass is 35.5. The lowest BCUT2D eigenvalue weighted by atomic mass is 10.3. The Hall–Kier alpha value is -1.87. The number of hydrogen-bond donors (Lipinski definition) is 2. The summed E-state index contributed by atoms with van der Waals surface area (Å²) in [5, 5.41) is 11.4. The van der Waals surface area contributed by atoms with Gasteiger partial charge in [-0.1, -0.05) is 23.4 Å². The molecule has 1 amide bonds. The number of aliphatic hydroxyl groups excluding tert-OH is 1. The predicted molar refractivity (Wildman–Crippen MR) is 82.3 cm³/mol. The topological polar surface area (TPSA) is 49.3 Å². The molecule has 0 fully saturated rings. The molecule has 108 valence electrons. The minimum Gasteiger partial charge on any atom is -0.395 e. The van der Waals surface area contributed by atoms with Gasteiger partial charge < -0.3 is 10.4 Å². The Balaban J connectivity index is 2.09. The summed E-state index contributed by atoms with van der Waals surface area (Å²) in [4.78, 5) is 13.2. The molecule has 1 heterocycles. The Morgan fingerprint density at radius 2 is 2.19 bits per heavy atom. The molecular weight excluding hydrogens is 313 g/mol. The van der Waals surface area contributed by atoms with Crippen LogP contribution in [0.3, 0.4) is 0 Å². The number of carbonyl (C=O) groups is 1. The van der Waals surface area contributed by atoms with Gasteiger partial charge in [0.2, 0.25) is 0 Å². The second-order valence-electron chi connectivity index (χ2n) is 4.05. The standard InChI is InChI=1S/C15H11ClFNO2S/c16-10-7-11(17)9-12(8-10)18-15(20)14-5-4-13(21-14)3-1-2-6-19/h4-5,7-9,19H,2,6H2,(H,18,20). The summed E-state index contributed by atoms with van der Waals surface area (Å²) in [5.74, 6) is 4.77. The molecule has 21 heavy (non-hydrogen) atoms. The van der Waals surface area contributed by atoms with E-state index in [0.717, 1.165) is 10.9 Å². The molecule has 0 saturated heterocycles. The average Bonchev–Trinajstić information content (AvgIpc) is 2.86. The molecule has 0 aliphatic carbocycles. The number of carbonyl (C=O) groups excluding carboxylic acids is 1. The highest BCUT2D eigenvalue weighted by molar-refractivity contribution is 7.14. The van der Waals surface area contributed by atoms with Crippen molar-refractivity contribution in [3.8, 4) is 11.8 Å². The first-order chi connectivity index (χ1) is 10.1. The van der Waals surface area contributed by atoms with Crippen LogP contribution in [0.25, 0.3) is 0 Å². The lowest BCUT2D eigenvalue weighted by molar-refractivity contribution is 0.103. The Morgan fingerprint density at radius 3 is 2.90 bits per heavy atom. The number of halogens is 2. The zero-order chi connectivity index (χ0) is 15.2. The van der Waals surface area contributed by atoms with Crippen molar-refractivity contribution in [1.82, 2.24) is 0 Å². The number of thiophene rings is 1. The van der Waals surface area contributed by atoms with Crippen molar-refractivity contribution >= 4 is 34.5 Å². The minimum absolute atomic E-state index is 0.00600. The molecule has 1 aromatic carbocycles. The predicted octanol–water partition coefficient (Wildman–Crippen LogP) is 3.53. The highest BCUT2D eigenvalue weighted by Gasteiger charge is 2.10. The molecule has 2 rings (SSSR count). The molecule has 0 bridgehead atoms. The maximum absolute atomic E-state index is 13.2. The van der Waals surface area contributed by atoms with Gasteiger partial charge in [0.25, 0.3) is 5.91 Å². The zero-order valence-electron chi connectivity index (χ0n) is 10.8. The monoisotopic (exact) mass is 323 g/mol. The van der Waals surface area contributed by atoms with Crippen LogP contribution >= 0.6 is 22.9 Å². The number of hydrogen-bond acceptors (Lipinski definition) is 3. The van der Waals surface area contributed by atoms with E-state index in [1.165, 1.54) is 23.5 Å². The Kier molecular flexibility index (Phi) is 5.34. The summed E-state index contributed by atoms with van der Waals surface area (Å²) in [6.07, 6.45) is 0.390. The molecule has 2 aromatic rings. The Labute approximate surface area is 130 Å². The molecule has 0 spiro atoms. The minimum atomic E-state index is -0.514. The number of aliphatic hydroxyl groups is 1. The molecular formula is C15H11ClFNO2S. The first-order valence-electron chi connectivity index (χ1n) is 6.05. The van der Waals surface area contributed by atoms with Crippen molar-refractivity contribution in [3.05, 3.63) is 50.9 Å². The number of amides is 1. The largest absolute Gasteiger partial charge is 0.395 e. The summed E-state index contributed by atoms with van der Waals surface area (Å²) in [6, 6.07) is 7.20. The van der Waals surface area contributed by atoms with E-state index in [0.29, 0.717) is 17.0 Å². The van der Waals surface area contributed by atoms with E-state index in [1.807, 2.05) is 0 Å². The van der Waals surface area contributed by atoms with Crippen molar-refractivity contribution in [3.63, 3.8) is 0 Å². The van der Waals surface area contributed by atoms with Crippen LogP contribution in [0, 0.1) is 17.7 Å². The van der Waals surface area contributed by atoms with E-state index in [9.17, 15) is 9.18 Å². The highest BCUT2D eigenvalue weighted by Crippen LogP contribution is 2.21. The van der Waals surface area contributed by atoms with Gasteiger partial charge in [-0.05, 0) is 30.3 Å². The first-order valence-corrected chi connectivity index (χ1v) is 7.25. The SMILES string of the molecule is O=C(Nc1cc(F)cc(Cl)c1)c1ccc(C#CCCO)s1. The van der Waals surface area contributed by atoms with Crippen LogP contribution in [0.15, 0.2) is 30.3 Å². The van der Waals surface area contributed by atoms with Crippen LogP contribution in [0.4, 0.5) is 10.1 Å². The first kappa shape index (κ1) is 15.5. The molecule has 0 aliphatic heterocycles. The average molecular weight is 324 g/mol. The molecule has 2 N–H and O–H groups in total. The van der Waals surface area contributed by atoms with Gasteiger partial charge >= 0.3 is 0 Å². The molecule has 6 heteroatoms. The molecule has 3 nitrogen and oxygen atoms in total. The van der Waals surface area contributed by atoms with Crippen LogP contribution in [0.5, 0.6) is 0 Å². The Morgan fingerprint density at radius 1 is 1.38 bits per heavy atom. The summed E-state index contributed by atoms with van der Waals surface area (Å²) < 4.78 is 13.2. The third-order valence-corrected chi connectivity index (χ3v) is 3.62. The van der Waals surface area contributed by atoms with Crippen molar-refractivity contribution in [2.75, 3.05) is 11.9 Å². The number of anilines is 1. The second-order valence-corrected chi connectivity index (χ2v) is 5.57. The van der Waals surface area contributed by atoms with Crippen molar-refractivity contribution in [2.24, 2.45) is 0 Å². The summed E-state index contributed by atoms with van der Waals surface area (Å²) in [6.45, 7) is 0.00600. The maximum atomic E-state index is 13.2. The van der Waals surface area contributed by atoms with Crippen molar-refractivity contribution in [1.29, 1.82) is 0 Å². The second kappa shape index (κ2) is 7.23. The smallest absolute Gasteiger partial charge is 0.265 e. The van der Waals surface area contributed by atoms with Crippen molar-refractivity contribution in [2.45, 2.75) is 6.42 Å². The van der Waals surface area contributed by atoms with Gasteiger partial charge in [-0.25, -0.2) is 4.39 Å². The lowest BCUT2D eigenvalue weighted by Gasteiger charge is -2.04. The van der Waals surface area contributed by atoms with Gasteiger partial charge in [-0.15, -0.1) is 11.3 Å². The molecule has 0 unspecified atom stereocenters. The normalized spacial score (nSPS) is 9.86. The number of benzene rings is 1. The van der Waals surface area contributed by atoms with Crippen LogP contribution in [-0.2, 0) is 0 Å². The fourth-order valence-electron chi connectivity index (χ4n) is 1.55. The maximum Gasteiger partial charge on any atom is 0.265 e. The molecule has 0 radical (unpaired) electrons. The van der Waals surface area contributed by atoms with Crippen LogP contribution < -0.4 is 5.32 Å². The quantitative estimate of drug-likeness (QED) is 0.849. The van der Waals surface area contributed by atoms with Gasteiger partial charge in [0.15, 0.2) is 0 Å². The van der Waals surface area contributed by atoms with Gasteiger partial charge in [-0.3, -0.25) is 4.79 Å². The third-order valence-electron chi connectivity index (χ3n) is 2.40. The fraction of sp³-hybridized carbons (Fsp3) is 0.133. The summed E-state index contributed by atoms with van der Waals surface area (Å²) in [7, 11) is 0. The van der Waals surface area contributed by atoms with Gasteiger partial charge in [0, 0.05) is 17.1 Å². The van der Waals surface area contributed by atoms with Crippen LogP contribution in [0.1, 0.15) is 21.0 Å². The molecule has 0 aliphatic rings. The van der Waals surface area contributed by atoms with Gasteiger partial charge in [0.05, 0.1) is 16.4 Å². The van der Waals surface area contributed by atoms with Crippen molar-refractivity contribution < 1.29 is 14.3 Å². The number of rotatable bonds is 3. The lowest BCUT2D eigenvalue weighted by Crippen LogP contribution is -2.10. The van der Waals surface area contributed by atoms with Gasteiger partial charge in [-0.2, -0.15) is 0 Å². The van der Waals surface area contributed by atoms with E-state index in [4.69, 9.17) is 16.7 Å².